The van der Waals surface area contributed by atoms with Gasteiger partial charge >= 0.3 is 6.09 Å². The molecule has 0 aromatic heterocycles. The first kappa shape index (κ1) is 12.7. The molecule has 0 aliphatic heterocycles. The number of benzene rings is 1. The van der Waals surface area contributed by atoms with Crippen molar-refractivity contribution in [2.45, 2.75) is 13.0 Å². The number of hydrogen-bond donors (Lipinski definition) is 1. The lowest BCUT2D eigenvalue weighted by Crippen LogP contribution is -2.38. The summed E-state index contributed by atoms with van der Waals surface area (Å²) in [5, 5.41) is 2.61. The number of amides is 1. The Morgan fingerprint density at radius 3 is 2.62 bits per heavy atom. The van der Waals surface area contributed by atoms with Crippen LogP contribution in [0.2, 0.25) is 0 Å². The first-order chi connectivity index (χ1) is 7.58. The molecule has 0 saturated carbocycles. The van der Waals surface area contributed by atoms with Gasteiger partial charge in [0.15, 0.2) is 0 Å². The molecule has 88 valence electrons. The smallest absolute Gasteiger partial charge is 0.410 e. The Morgan fingerprint density at radius 1 is 1.44 bits per heavy atom. The molecule has 1 N–H and O–H groups in total. The number of rotatable bonds is 4. The standard InChI is InChI=1S/C11H15NO3S/c1-9(8-16(2)14)12-11(13)15-10-6-4-3-5-7-10/h3-7,9H,8H2,1-2H3,(H,12,13). The zero-order chi connectivity index (χ0) is 12.0. The highest BCUT2D eigenvalue weighted by Gasteiger charge is 2.10. The third-order valence-electron chi connectivity index (χ3n) is 1.80. The van der Waals surface area contributed by atoms with Gasteiger partial charge in [0, 0.05) is 28.9 Å². The Bertz CT molecular complexity index is 367. The number of carbonyl (C=O) groups is 1. The second kappa shape index (κ2) is 6.27. The van der Waals surface area contributed by atoms with E-state index >= 15 is 0 Å². The SMILES string of the molecule is CC(CS(C)=O)NC(=O)Oc1ccccc1. The highest BCUT2D eigenvalue weighted by atomic mass is 32.2. The minimum Gasteiger partial charge on any atom is -0.410 e. The van der Waals surface area contributed by atoms with Crippen molar-refractivity contribution in [2.24, 2.45) is 0 Å². The number of ether oxygens (including phenoxy) is 1. The third kappa shape index (κ3) is 4.93. The minimum atomic E-state index is -0.929. The van der Waals surface area contributed by atoms with Gasteiger partial charge in [-0.15, -0.1) is 0 Å². The first-order valence-electron chi connectivity index (χ1n) is 4.91. The van der Waals surface area contributed by atoms with Crippen LogP contribution >= 0.6 is 0 Å². The lowest BCUT2D eigenvalue weighted by molar-refractivity contribution is 0.198. The van der Waals surface area contributed by atoms with Gasteiger partial charge in [-0.2, -0.15) is 0 Å². The molecule has 0 heterocycles. The van der Waals surface area contributed by atoms with Gasteiger partial charge in [0.25, 0.3) is 0 Å². The van der Waals surface area contributed by atoms with E-state index in [0.717, 1.165) is 0 Å². The molecule has 1 rings (SSSR count). The van der Waals surface area contributed by atoms with Crippen LogP contribution in [0.25, 0.3) is 0 Å². The second-order valence-electron chi connectivity index (χ2n) is 3.49. The Hall–Kier alpha value is -1.36. The van der Waals surface area contributed by atoms with Gasteiger partial charge in [-0.05, 0) is 19.1 Å². The van der Waals surface area contributed by atoms with Crippen molar-refractivity contribution in [3.8, 4) is 5.75 Å². The van der Waals surface area contributed by atoms with Gasteiger partial charge in [-0.3, -0.25) is 4.21 Å². The van der Waals surface area contributed by atoms with E-state index < -0.39 is 16.9 Å². The van der Waals surface area contributed by atoms with Gasteiger partial charge in [-0.1, -0.05) is 18.2 Å². The Labute approximate surface area is 97.5 Å². The van der Waals surface area contributed by atoms with Gasteiger partial charge in [0.2, 0.25) is 0 Å². The van der Waals surface area contributed by atoms with E-state index in [1.165, 1.54) is 0 Å². The molecule has 0 fully saturated rings. The second-order valence-corrected chi connectivity index (χ2v) is 4.97. The van der Waals surface area contributed by atoms with Crippen LogP contribution in [0.4, 0.5) is 4.79 Å². The van der Waals surface area contributed by atoms with E-state index in [0.29, 0.717) is 11.5 Å². The van der Waals surface area contributed by atoms with E-state index in [9.17, 15) is 9.00 Å². The molecule has 2 atom stereocenters. The van der Waals surface area contributed by atoms with Crippen LogP contribution in [0, 0.1) is 0 Å². The van der Waals surface area contributed by atoms with Gasteiger partial charge in [0.05, 0.1) is 0 Å². The third-order valence-corrected chi connectivity index (χ3v) is 2.77. The van der Waals surface area contributed by atoms with Crippen molar-refractivity contribution in [3.05, 3.63) is 30.3 Å². The average Bonchev–Trinajstić information content (AvgIpc) is 2.17. The topological polar surface area (TPSA) is 55.4 Å². The molecule has 0 spiro atoms. The summed E-state index contributed by atoms with van der Waals surface area (Å²) in [6, 6.07) is 8.64. The molecular formula is C11H15NO3S. The molecule has 5 heteroatoms. The van der Waals surface area contributed by atoms with Gasteiger partial charge in [0.1, 0.15) is 5.75 Å². The molecule has 1 amide bonds. The molecule has 1 aromatic rings. The lowest BCUT2D eigenvalue weighted by Gasteiger charge is -2.12. The number of nitrogens with one attached hydrogen (secondary N) is 1. The monoisotopic (exact) mass is 241 g/mol. The van der Waals surface area contributed by atoms with Crippen LogP contribution in [0.3, 0.4) is 0 Å². The summed E-state index contributed by atoms with van der Waals surface area (Å²) < 4.78 is 15.9. The van der Waals surface area contributed by atoms with Crippen LogP contribution in [0.15, 0.2) is 30.3 Å². The zero-order valence-corrected chi connectivity index (χ0v) is 10.1. The largest absolute Gasteiger partial charge is 0.412 e. The minimum absolute atomic E-state index is 0.165. The van der Waals surface area contributed by atoms with Crippen molar-refractivity contribution in [1.82, 2.24) is 5.32 Å². The van der Waals surface area contributed by atoms with Crippen molar-refractivity contribution >= 4 is 16.9 Å². The van der Waals surface area contributed by atoms with Crippen molar-refractivity contribution in [1.29, 1.82) is 0 Å². The summed E-state index contributed by atoms with van der Waals surface area (Å²) >= 11 is 0. The van der Waals surface area contributed by atoms with E-state index in [-0.39, 0.29) is 6.04 Å². The van der Waals surface area contributed by atoms with Crippen molar-refractivity contribution < 1.29 is 13.7 Å². The molecule has 0 radical (unpaired) electrons. The highest BCUT2D eigenvalue weighted by Crippen LogP contribution is 2.08. The van der Waals surface area contributed by atoms with Crippen LogP contribution in [-0.2, 0) is 10.8 Å². The Balaban J connectivity index is 2.39. The number of para-hydroxylation sites is 1. The van der Waals surface area contributed by atoms with Crippen LogP contribution in [0.5, 0.6) is 5.75 Å². The van der Waals surface area contributed by atoms with Gasteiger partial charge in [-0.25, -0.2) is 4.79 Å². The summed E-state index contributed by atoms with van der Waals surface area (Å²) in [5.41, 5.74) is 0. The zero-order valence-electron chi connectivity index (χ0n) is 9.30. The maximum absolute atomic E-state index is 11.4. The predicted molar refractivity (Wildman–Crippen MR) is 64.0 cm³/mol. The molecule has 1 aromatic carbocycles. The molecule has 2 unspecified atom stereocenters. The van der Waals surface area contributed by atoms with Crippen LogP contribution in [0.1, 0.15) is 6.92 Å². The number of carbonyl (C=O) groups excluding carboxylic acids is 1. The van der Waals surface area contributed by atoms with Crippen LogP contribution in [-0.4, -0.2) is 28.4 Å². The Morgan fingerprint density at radius 2 is 2.06 bits per heavy atom. The normalized spacial score (nSPS) is 13.9. The molecule has 16 heavy (non-hydrogen) atoms. The van der Waals surface area contributed by atoms with E-state index in [1.54, 1.807) is 37.4 Å². The highest BCUT2D eigenvalue weighted by molar-refractivity contribution is 7.84. The van der Waals surface area contributed by atoms with E-state index in [1.807, 2.05) is 6.07 Å². The summed E-state index contributed by atoms with van der Waals surface area (Å²) in [4.78, 5) is 11.4. The molecular weight excluding hydrogens is 226 g/mol. The average molecular weight is 241 g/mol. The maximum atomic E-state index is 11.4. The predicted octanol–water partition coefficient (Wildman–Crippen LogP) is 1.54. The lowest BCUT2D eigenvalue weighted by atomic mass is 10.3. The summed E-state index contributed by atoms with van der Waals surface area (Å²) in [7, 11) is -0.929. The van der Waals surface area contributed by atoms with E-state index in [4.69, 9.17) is 4.74 Å². The first-order valence-corrected chi connectivity index (χ1v) is 6.64. The molecule has 0 aliphatic carbocycles. The summed E-state index contributed by atoms with van der Waals surface area (Å²) in [5.74, 6) is 0.911. The fraction of sp³-hybridized carbons (Fsp3) is 0.364. The fourth-order valence-electron chi connectivity index (χ4n) is 1.22. The Kier molecular flexibility index (Phi) is 4.98. The fourth-order valence-corrected chi connectivity index (χ4v) is 2.01. The number of hydrogen-bond acceptors (Lipinski definition) is 3. The van der Waals surface area contributed by atoms with Crippen LogP contribution < -0.4 is 10.1 Å². The summed E-state index contributed by atoms with van der Waals surface area (Å²) in [6.45, 7) is 1.79. The van der Waals surface area contributed by atoms with Gasteiger partial charge < -0.3 is 10.1 Å². The molecule has 0 saturated heterocycles. The molecule has 0 aliphatic rings. The molecule has 0 bridgehead atoms. The molecule has 4 nitrogen and oxygen atoms in total. The van der Waals surface area contributed by atoms with E-state index in [2.05, 4.69) is 5.32 Å². The van der Waals surface area contributed by atoms with Crippen molar-refractivity contribution in [2.75, 3.05) is 12.0 Å². The van der Waals surface area contributed by atoms with Crippen molar-refractivity contribution in [3.63, 3.8) is 0 Å². The summed E-state index contributed by atoms with van der Waals surface area (Å²) in [6.07, 6.45) is 1.07. The maximum Gasteiger partial charge on any atom is 0.412 e. The quantitative estimate of drug-likeness (QED) is 0.870.